The highest BCUT2D eigenvalue weighted by Gasteiger charge is 2.30. The van der Waals surface area contributed by atoms with E-state index in [1.807, 2.05) is 11.8 Å². The fraction of sp³-hybridized carbons (Fsp3) is 0.579. The van der Waals surface area contributed by atoms with E-state index in [4.69, 9.17) is 16.3 Å². The molecule has 26 heavy (non-hydrogen) atoms. The molecular weight excluding hydrogens is 354 g/mol. The molecule has 0 aromatic heterocycles. The first-order valence-corrected chi connectivity index (χ1v) is 9.61. The average molecular weight is 380 g/mol. The van der Waals surface area contributed by atoms with Gasteiger partial charge in [-0.3, -0.25) is 14.5 Å². The average Bonchev–Trinajstić information content (AvgIpc) is 3.46. The molecule has 0 spiro atoms. The third-order valence-corrected chi connectivity index (χ3v) is 5.17. The highest BCUT2D eigenvalue weighted by atomic mass is 35.5. The number of nitrogens with zero attached hydrogens (tertiary/aromatic N) is 2. The Kier molecular flexibility index (Phi) is 6.38. The highest BCUT2D eigenvalue weighted by molar-refractivity contribution is 6.30. The lowest BCUT2D eigenvalue weighted by Crippen LogP contribution is -2.55. The number of carbonyl (C=O) groups excluding carboxylic acids is 2. The number of piperazine rings is 1. The molecule has 1 aliphatic heterocycles. The van der Waals surface area contributed by atoms with Crippen LogP contribution in [0.5, 0.6) is 5.75 Å². The molecule has 2 aliphatic rings. The Balaban J connectivity index is 1.36. The van der Waals surface area contributed by atoms with Crippen molar-refractivity contribution in [1.82, 2.24) is 15.1 Å². The number of amides is 2. The van der Waals surface area contributed by atoms with Gasteiger partial charge in [-0.15, -0.1) is 0 Å². The molecule has 1 aromatic rings. The molecule has 1 aromatic carbocycles. The van der Waals surface area contributed by atoms with Crippen LogP contribution in [0.4, 0.5) is 0 Å². The van der Waals surface area contributed by atoms with E-state index < -0.39 is 0 Å². The van der Waals surface area contributed by atoms with Gasteiger partial charge in [-0.2, -0.15) is 0 Å². The summed E-state index contributed by atoms with van der Waals surface area (Å²) in [6.45, 7) is 5.05. The van der Waals surface area contributed by atoms with Crippen LogP contribution < -0.4 is 10.1 Å². The first-order chi connectivity index (χ1) is 12.5. The Morgan fingerprint density at radius 1 is 1.19 bits per heavy atom. The molecule has 1 saturated heterocycles. The number of halogens is 1. The maximum absolute atomic E-state index is 12.3. The van der Waals surface area contributed by atoms with Crippen LogP contribution in [0.15, 0.2) is 24.3 Å². The molecule has 1 saturated carbocycles. The summed E-state index contributed by atoms with van der Waals surface area (Å²) < 4.78 is 5.59. The van der Waals surface area contributed by atoms with Crippen molar-refractivity contribution < 1.29 is 14.3 Å². The lowest BCUT2D eigenvalue weighted by molar-refractivity contribution is -0.134. The molecule has 7 heteroatoms. The largest absolute Gasteiger partial charge is 0.493 e. The number of carbonyl (C=O) groups is 2. The Bertz CT molecular complexity index is 625. The second-order valence-electron chi connectivity index (χ2n) is 6.93. The van der Waals surface area contributed by atoms with Crippen LogP contribution in [0.2, 0.25) is 5.02 Å². The first kappa shape index (κ1) is 19.0. The van der Waals surface area contributed by atoms with Gasteiger partial charge in [0, 0.05) is 37.2 Å². The molecule has 2 amide bonds. The van der Waals surface area contributed by atoms with Crippen LogP contribution in [0, 0.1) is 0 Å². The molecule has 0 radical (unpaired) electrons. The van der Waals surface area contributed by atoms with Gasteiger partial charge in [-0.25, -0.2) is 0 Å². The zero-order valence-corrected chi connectivity index (χ0v) is 15.9. The molecule has 1 N–H and O–H groups in total. The number of hydrogen-bond acceptors (Lipinski definition) is 4. The molecule has 0 bridgehead atoms. The molecule has 2 fully saturated rings. The molecular formula is C19H26ClN3O3. The van der Waals surface area contributed by atoms with Gasteiger partial charge in [0.25, 0.3) is 0 Å². The number of hydrogen-bond donors (Lipinski definition) is 1. The summed E-state index contributed by atoms with van der Waals surface area (Å²) in [5.41, 5.74) is 0. The summed E-state index contributed by atoms with van der Waals surface area (Å²) in [4.78, 5) is 28.5. The fourth-order valence-electron chi connectivity index (χ4n) is 3.02. The Hall–Kier alpha value is -1.79. The first-order valence-electron chi connectivity index (χ1n) is 9.23. The Morgan fingerprint density at radius 2 is 1.85 bits per heavy atom. The van der Waals surface area contributed by atoms with E-state index in [1.54, 1.807) is 24.3 Å². The van der Waals surface area contributed by atoms with E-state index in [0.29, 0.717) is 42.9 Å². The van der Waals surface area contributed by atoms with Gasteiger partial charge in [0.05, 0.1) is 19.1 Å². The van der Waals surface area contributed by atoms with Crippen LogP contribution in [0.3, 0.4) is 0 Å². The van der Waals surface area contributed by atoms with E-state index >= 15 is 0 Å². The minimum absolute atomic E-state index is 0.0914. The summed E-state index contributed by atoms with van der Waals surface area (Å²) in [6.07, 6.45) is 2.54. The molecule has 0 unspecified atom stereocenters. The Morgan fingerprint density at radius 3 is 2.46 bits per heavy atom. The van der Waals surface area contributed by atoms with Crippen LogP contribution in [-0.4, -0.2) is 66.5 Å². The predicted octanol–water partition coefficient (Wildman–Crippen LogP) is 1.92. The van der Waals surface area contributed by atoms with Gasteiger partial charge in [-0.05, 0) is 44.0 Å². The lowest BCUT2D eigenvalue weighted by Gasteiger charge is -2.37. The van der Waals surface area contributed by atoms with E-state index in [-0.39, 0.29) is 17.9 Å². The van der Waals surface area contributed by atoms with Crippen molar-refractivity contribution in [2.45, 2.75) is 38.3 Å². The number of nitrogens with one attached hydrogen (secondary N) is 1. The molecule has 1 heterocycles. The minimum Gasteiger partial charge on any atom is -0.493 e. The predicted molar refractivity (Wildman–Crippen MR) is 100 cm³/mol. The number of ether oxygens (including phenoxy) is 1. The topological polar surface area (TPSA) is 61.9 Å². The van der Waals surface area contributed by atoms with Crippen molar-refractivity contribution in [2.24, 2.45) is 0 Å². The van der Waals surface area contributed by atoms with Gasteiger partial charge >= 0.3 is 0 Å². The fourth-order valence-corrected chi connectivity index (χ4v) is 3.15. The van der Waals surface area contributed by atoms with E-state index in [0.717, 1.165) is 25.9 Å². The van der Waals surface area contributed by atoms with Gasteiger partial charge in [-0.1, -0.05) is 11.6 Å². The lowest BCUT2D eigenvalue weighted by atomic mass is 10.2. The quantitative estimate of drug-likeness (QED) is 0.786. The van der Waals surface area contributed by atoms with Crippen molar-refractivity contribution in [1.29, 1.82) is 0 Å². The van der Waals surface area contributed by atoms with E-state index in [1.165, 1.54) is 0 Å². The SMILES string of the molecule is C[C@H](C(=O)NC1CC1)N1CCN(C(=O)CCOc2ccc(Cl)cc2)CC1. The molecule has 3 rings (SSSR count). The summed E-state index contributed by atoms with van der Waals surface area (Å²) in [5, 5.41) is 3.70. The monoisotopic (exact) mass is 379 g/mol. The third kappa shape index (κ3) is 5.35. The Labute approximate surface area is 159 Å². The van der Waals surface area contributed by atoms with Gasteiger partial charge in [0.15, 0.2) is 0 Å². The summed E-state index contributed by atoms with van der Waals surface area (Å²) in [5.74, 6) is 0.903. The summed E-state index contributed by atoms with van der Waals surface area (Å²) >= 11 is 5.83. The third-order valence-electron chi connectivity index (χ3n) is 4.92. The molecule has 1 aliphatic carbocycles. The van der Waals surface area contributed by atoms with Gasteiger partial charge in [0.2, 0.25) is 11.8 Å². The number of rotatable bonds is 7. The standard InChI is InChI=1S/C19H26ClN3O3/c1-14(19(25)21-16-4-5-16)22-9-11-23(12-10-22)18(24)8-13-26-17-6-2-15(20)3-7-17/h2-3,6-7,14,16H,4-5,8-13H2,1H3,(H,21,25)/t14-/m1/s1. The van der Waals surface area contributed by atoms with Gasteiger partial charge < -0.3 is 15.0 Å². The van der Waals surface area contributed by atoms with E-state index in [2.05, 4.69) is 10.2 Å². The minimum atomic E-state index is -0.138. The van der Waals surface area contributed by atoms with Crippen molar-refractivity contribution in [3.8, 4) is 5.75 Å². The van der Waals surface area contributed by atoms with Gasteiger partial charge in [0.1, 0.15) is 5.75 Å². The van der Waals surface area contributed by atoms with E-state index in [9.17, 15) is 9.59 Å². The zero-order valence-electron chi connectivity index (χ0n) is 15.1. The highest BCUT2D eigenvalue weighted by Crippen LogP contribution is 2.19. The van der Waals surface area contributed by atoms with Crippen molar-refractivity contribution >= 4 is 23.4 Å². The second-order valence-corrected chi connectivity index (χ2v) is 7.36. The maximum Gasteiger partial charge on any atom is 0.237 e. The van der Waals surface area contributed by atoms with Crippen LogP contribution in [0.25, 0.3) is 0 Å². The molecule has 6 nitrogen and oxygen atoms in total. The smallest absolute Gasteiger partial charge is 0.237 e. The van der Waals surface area contributed by atoms with Crippen molar-refractivity contribution in [3.05, 3.63) is 29.3 Å². The van der Waals surface area contributed by atoms with Crippen molar-refractivity contribution in [3.63, 3.8) is 0 Å². The molecule has 142 valence electrons. The van der Waals surface area contributed by atoms with Crippen LogP contribution in [-0.2, 0) is 9.59 Å². The van der Waals surface area contributed by atoms with Crippen molar-refractivity contribution in [2.75, 3.05) is 32.8 Å². The maximum atomic E-state index is 12.3. The summed E-state index contributed by atoms with van der Waals surface area (Å²) in [6, 6.07) is 7.35. The number of benzene rings is 1. The van der Waals surface area contributed by atoms with Crippen LogP contribution >= 0.6 is 11.6 Å². The molecule has 1 atom stereocenters. The summed E-state index contributed by atoms with van der Waals surface area (Å²) in [7, 11) is 0. The van der Waals surface area contributed by atoms with Crippen LogP contribution in [0.1, 0.15) is 26.2 Å². The second kappa shape index (κ2) is 8.73. The zero-order chi connectivity index (χ0) is 18.5. The normalized spacial score (nSPS) is 19.1.